The van der Waals surface area contributed by atoms with Crippen molar-refractivity contribution < 1.29 is 4.74 Å². The molecule has 0 N–H and O–H groups in total. The summed E-state index contributed by atoms with van der Waals surface area (Å²) in [6.45, 7) is 2.05. The summed E-state index contributed by atoms with van der Waals surface area (Å²) in [5.41, 5.74) is 2.85. The van der Waals surface area contributed by atoms with Crippen molar-refractivity contribution in [1.29, 1.82) is 0 Å². The van der Waals surface area contributed by atoms with Crippen LogP contribution in [-0.4, -0.2) is 7.11 Å². The van der Waals surface area contributed by atoms with Gasteiger partial charge < -0.3 is 4.74 Å². The lowest BCUT2D eigenvalue weighted by Gasteiger charge is -2.04. The van der Waals surface area contributed by atoms with Crippen molar-refractivity contribution in [3.05, 3.63) is 66.2 Å². The molecule has 0 spiro atoms. The molecular formula is C18H16N2O. The minimum atomic E-state index is 0.808. The van der Waals surface area contributed by atoms with Gasteiger partial charge in [0, 0.05) is 5.39 Å². The summed E-state index contributed by atoms with van der Waals surface area (Å²) in [6, 6.07) is 19.9. The Hall–Kier alpha value is -2.68. The molecule has 0 aromatic heterocycles. The van der Waals surface area contributed by atoms with Gasteiger partial charge in [-0.2, -0.15) is 5.11 Å². The molecule has 0 unspecified atom stereocenters. The largest absolute Gasteiger partial charge is 0.497 e. The van der Waals surface area contributed by atoms with E-state index in [1.165, 1.54) is 5.39 Å². The lowest BCUT2D eigenvalue weighted by atomic mass is 10.1. The highest BCUT2D eigenvalue weighted by atomic mass is 16.5. The van der Waals surface area contributed by atoms with Gasteiger partial charge in [0.1, 0.15) is 5.75 Å². The number of benzene rings is 3. The molecule has 0 aliphatic carbocycles. The first-order valence-corrected chi connectivity index (χ1v) is 6.82. The van der Waals surface area contributed by atoms with Crippen LogP contribution in [0.2, 0.25) is 0 Å². The molecule has 3 nitrogen and oxygen atoms in total. The van der Waals surface area contributed by atoms with E-state index in [1.54, 1.807) is 7.11 Å². The minimum Gasteiger partial charge on any atom is -0.497 e. The van der Waals surface area contributed by atoms with E-state index in [4.69, 9.17) is 4.74 Å². The Morgan fingerprint density at radius 2 is 1.57 bits per heavy atom. The summed E-state index contributed by atoms with van der Waals surface area (Å²) in [6.07, 6.45) is 0. The zero-order valence-corrected chi connectivity index (χ0v) is 12.1. The molecule has 0 atom stereocenters. The van der Waals surface area contributed by atoms with Gasteiger partial charge in [-0.25, -0.2) is 0 Å². The number of azo groups is 1. The first-order valence-electron chi connectivity index (χ1n) is 6.82. The van der Waals surface area contributed by atoms with Crippen molar-refractivity contribution in [3.8, 4) is 5.75 Å². The molecule has 0 amide bonds. The van der Waals surface area contributed by atoms with Crippen molar-refractivity contribution in [2.24, 2.45) is 10.2 Å². The highest BCUT2D eigenvalue weighted by Crippen LogP contribution is 2.31. The van der Waals surface area contributed by atoms with E-state index < -0.39 is 0 Å². The molecule has 3 aromatic rings. The Balaban J connectivity index is 2.00. The Labute approximate surface area is 123 Å². The molecule has 104 valence electrons. The topological polar surface area (TPSA) is 34.0 Å². The van der Waals surface area contributed by atoms with E-state index in [0.717, 1.165) is 28.1 Å². The van der Waals surface area contributed by atoms with Crippen LogP contribution < -0.4 is 4.74 Å². The number of hydrogen-bond acceptors (Lipinski definition) is 3. The van der Waals surface area contributed by atoms with Crippen LogP contribution in [0.25, 0.3) is 10.8 Å². The molecule has 0 saturated carbocycles. The van der Waals surface area contributed by atoms with Gasteiger partial charge in [-0.3, -0.25) is 0 Å². The summed E-state index contributed by atoms with van der Waals surface area (Å²) < 4.78 is 5.14. The molecule has 3 aromatic carbocycles. The fraction of sp³-hybridized carbons (Fsp3) is 0.111. The molecule has 3 rings (SSSR count). The Kier molecular flexibility index (Phi) is 3.65. The Morgan fingerprint density at radius 3 is 2.33 bits per heavy atom. The number of aryl methyl sites for hydroxylation is 1. The summed E-state index contributed by atoms with van der Waals surface area (Å²) in [5, 5.41) is 11.1. The van der Waals surface area contributed by atoms with Crippen LogP contribution in [0.3, 0.4) is 0 Å². The lowest BCUT2D eigenvalue weighted by Crippen LogP contribution is -1.80. The smallest absolute Gasteiger partial charge is 0.119 e. The highest BCUT2D eigenvalue weighted by Gasteiger charge is 2.03. The maximum absolute atomic E-state index is 5.14. The maximum Gasteiger partial charge on any atom is 0.119 e. The standard InChI is InChI=1S/C18H16N2O/c1-13-7-8-14-5-3-4-6-17(14)18(13)20-19-15-9-11-16(21-2)12-10-15/h3-12H,1-2H3. The van der Waals surface area contributed by atoms with Crippen molar-refractivity contribution in [1.82, 2.24) is 0 Å². The third kappa shape index (κ3) is 2.77. The first kappa shape index (κ1) is 13.3. The fourth-order valence-electron chi connectivity index (χ4n) is 2.25. The minimum absolute atomic E-state index is 0.808. The predicted molar refractivity (Wildman–Crippen MR) is 85.9 cm³/mol. The SMILES string of the molecule is COc1ccc(N=Nc2c(C)ccc3ccccc23)cc1. The zero-order valence-electron chi connectivity index (χ0n) is 12.1. The second-order valence-electron chi connectivity index (χ2n) is 4.85. The van der Waals surface area contributed by atoms with E-state index in [9.17, 15) is 0 Å². The molecule has 0 fully saturated rings. The van der Waals surface area contributed by atoms with Crippen molar-refractivity contribution >= 4 is 22.1 Å². The van der Waals surface area contributed by atoms with E-state index in [-0.39, 0.29) is 0 Å². The van der Waals surface area contributed by atoms with Crippen molar-refractivity contribution in [2.75, 3.05) is 7.11 Å². The van der Waals surface area contributed by atoms with Gasteiger partial charge in [0.15, 0.2) is 0 Å². The molecule has 0 saturated heterocycles. The van der Waals surface area contributed by atoms with Gasteiger partial charge in [0.05, 0.1) is 18.5 Å². The number of ether oxygens (including phenoxy) is 1. The average Bonchev–Trinajstić information content (AvgIpc) is 2.54. The quantitative estimate of drug-likeness (QED) is 0.575. The normalized spacial score (nSPS) is 11.1. The molecular weight excluding hydrogens is 260 g/mol. The molecule has 0 heterocycles. The molecule has 21 heavy (non-hydrogen) atoms. The van der Waals surface area contributed by atoms with Crippen LogP contribution >= 0.6 is 0 Å². The van der Waals surface area contributed by atoms with E-state index in [0.29, 0.717) is 0 Å². The summed E-state index contributed by atoms with van der Waals surface area (Å²) in [7, 11) is 1.65. The number of methoxy groups -OCH3 is 1. The molecule has 0 aliphatic rings. The lowest BCUT2D eigenvalue weighted by molar-refractivity contribution is 0.415. The number of fused-ring (bicyclic) bond motifs is 1. The summed E-state index contributed by atoms with van der Waals surface area (Å²) in [5.74, 6) is 0.815. The van der Waals surface area contributed by atoms with Gasteiger partial charge >= 0.3 is 0 Å². The van der Waals surface area contributed by atoms with Gasteiger partial charge in [-0.05, 0) is 42.1 Å². The monoisotopic (exact) mass is 276 g/mol. The Morgan fingerprint density at radius 1 is 0.810 bits per heavy atom. The second kappa shape index (κ2) is 5.75. The van der Waals surface area contributed by atoms with Crippen molar-refractivity contribution in [2.45, 2.75) is 6.92 Å². The molecule has 0 aliphatic heterocycles. The Bertz CT molecular complexity index is 792. The third-order valence-electron chi connectivity index (χ3n) is 3.44. The summed E-state index contributed by atoms with van der Waals surface area (Å²) >= 11 is 0. The maximum atomic E-state index is 5.14. The van der Waals surface area contributed by atoms with Crippen LogP contribution in [0.1, 0.15) is 5.56 Å². The van der Waals surface area contributed by atoms with Gasteiger partial charge in [-0.1, -0.05) is 36.4 Å². The van der Waals surface area contributed by atoms with E-state index in [2.05, 4.69) is 41.4 Å². The van der Waals surface area contributed by atoms with Crippen LogP contribution in [0.15, 0.2) is 70.9 Å². The zero-order chi connectivity index (χ0) is 14.7. The van der Waals surface area contributed by atoms with Crippen LogP contribution in [0.5, 0.6) is 5.75 Å². The third-order valence-corrected chi connectivity index (χ3v) is 3.44. The van der Waals surface area contributed by atoms with E-state index in [1.807, 2.05) is 36.4 Å². The van der Waals surface area contributed by atoms with Gasteiger partial charge in [-0.15, -0.1) is 5.11 Å². The van der Waals surface area contributed by atoms with Crippen LogP contribution in [0.4, 0.5) is 11.4 Å². The first-order chi connectivity index (χ1) is 10.3. The summed E-state index contributed by atoms with van der Waals surface area (Å²) in [4.78, 5) is 0. The van der Waals surface area contributed by atoms with Crippen LogP contribution in [-0.2, 0) is 0 Å². The number of nitrogens with zero attached hydrogens (tertiary/aromatic N) is 2. The average molecular weight is 276 g/mol. The number of rotatable bonds is 3. The van der Waals surface area contributed by atoms with Gasteiger partial charge in [0.2, 0.25) is 0 Å². The van der Waals surface area contributed by atoms with Crippen molar-refractivity contribution in [3.63, 3.8) is 0 Å². The molecule has 0 radical (unpaired) electrons. The van der Waals surface area contributed by atoms with Gasteiger partial charge in [0.25, 0.3) is 0 Å². The van der Waals surface area contributed by atoms with Crippen LogP contribution in [0, 0.1) is 6.92 Å². The predicted octanol–water partition coefficient (Wildman–Crippen LogP) is 5.57. The highest BCUT2D eigenvalue weighted by molar-refractivity contribution is 5.93. The molecule has 0 bridgehead atoms. The van der Waals surface area contributed by atoms with E-state index >= 15 is 0 Å². The molecule has 3 heteroatoms. The second-order valence-corrected chi connectivity index (χ2v) is 4.85. The number of hydrogen-bond donors (Lipinski definition) is 0. The fourth-order valence-corrected chi connectivity index (χ4v) is 2.25.